The van der Waals surface area contributed by atoms with Gasteiger partial charge in [0.05, 0.1) is 17.9 Å². The molecule has 0 bridgehead atoms. The highest BCUT2D eigenvalue weighted by molar-refractivity contribution is 7.91. The largest absolute Gasteiger partial charge is 0.356 e. The number of hydrogen-bond donors (Lipinski definition) is 1. The number of carbonyl (C=O) groups is 1. The molecule has 7 heteroatoms. The molecule has 2 heterocycles. The topological polar surface area (TPSA) is 89.3 Å². The number of rotatable bonds is 3. The molecule has 1 aromatic carbocycles. The van der Waals surface area contributed by atoms with Crippen molar-refractivity contribution in [1.29, 1.82) is 0 Å². The Balaban J connectivity index is 1.67. The number of sulfone groups is 1. The molecule has 20 heavy (non-hydrogen) atoms. The Kier molecular flexibility index (Phi) is 3.21. The van der Waals surface area contributed by atoms with Crippen LogP contribution in [0.2, 0.25) is 0 Å². The minimum atomic E-state index is -2.99. The molecular weight excluding hydrogens is 280 g/mol. The number of hydrogen-bond acceptors (Lipinski definition) is 5. The van der Waals surface area contributed by atoms with Crippen molar-refractivity contribution in [1.82, 2.24) is 10.5 Å². The average molecular weight is 294 g/mol. The summed E-state index contributed by atoms with van der Waals surface area (Å²) in [6.45, 7) is 0. The molecule has 0 unspecified atom stereocenters. The lowest BCUT2D eigenvalue weighted by Crippen LogP contribution is -2.36. The minimum absolute atomic E-state index is 0.0261. The van der Waals surface area contributed by atoms with Crippen LogP contribution in [0.1, 0.15) is 12.1 Å². The molecule has 2 aromatic rings. The Morgan fingerprint density at radius 2 is 2.20 bits per heavy atom. The van der Waals surface area contributed by atoms with E-state index in [9.17, 15) is 13.2 Å². The zero-order valence-electron chi connectivity index (χ0n) is 10.7. The summed E-state index contributed by atoms with van der Waals surface area (Å²) in [4.78, 5) is 11.9. The molecule has 1 aliphatic rings. The second-order valence-electron chi connectivity index (χ2n) is 4.97. The summed E-state index contributed by atoms with van der Waals surface area (Å²) in [5, 5.41) is 7.43. The first-order chi connectivity index (χ1) is 9.53. The van der Waals surface area contributed by atoms with Gasteiger partial charge in [0.25, 0.3) is 0 Å². The summed E-state index contributed by atoms with van der Waals surface area (Å²) < 4.78 is 27.8. The molecule has 0 radical (unpaired) electrons. The van der Waals surface area contributed by atoms with Crippen LogP contribution in [0.15, 0.2) is 28.8 Å². The van der Waals surface area contributed by atoms with Crippen LogP contribution >= 0.6 is 0 Å². The molecule has 1 aliphatic heterocycles. The molecule has 1 N–H and O–H groups in total. The Hall–Kier alpha value is -1.89. The Morgan fingerprint density at radius 3 is 2.95 bits per heavy atom. The van der Waals surface area contributed by atoms with Crippen LogP contribution in [0.4, 0.5) is 0 Å². The maximum absolute atomic E-state index is 11.9. The molecule has 1 fully saturated rings. The first-order valence-corrected chi connectivity index (χ1v) is 8.19. The van der Waals surface area contributed by atoms with Crippen molar-refractivity contribution in [3.05, 3.63) is 30.0 Å². The van der Waals surface area contributed by atoms with Gasteiger partial charge in [0.15, 0.2) is 15.4 Å². The van der Waals surface area contributed by atoms with E-state index in [1.807, 2.05) is 18.2 Å². The SMILES string of the molecule is O=C(Cc1noc2ccccc12)N[C@H]1CCS(=O)(=O)C1. The maximum Gasteiger partial charge on any atom is 0.226 e. The predicted octanol–water partition coefficient (Wildman–Crippen LogP) is 0.674. The number of para-hydroxylation sites is 1. The van der Waals surface area contributed by atoms with Gasteiger partial charge in [0.1, 0.15) is 5.69 Å². The fraction of sp³-hybridized carbons (Fsp3) is 0.385. The molecule has 6 nitrogen and oxygen atoms in total. The van der Waals surface area contributed by atoms with Gasteiger partial charge in [-0.05, 0) is 18.6 Å². The van der Waals surface area contributed by atoms with Crippen LogP contribution in [0.25, 0.3) is 11.0 Å². The molecule has 1 aromatic heterocycles. The molecule has 0 saturated carbocycles. The number of aromatic nitrogens is 1. The lowest BCUT2D eigenvalue weighted by Gasteiger charge is -2.09. The van der Waals surface area contributed by atoms with Crippen molar-refractivity contribution in [3.63, 3.8) is 0 Å². The van der Waals surface area contributed by atoms with E-state index in [0.717, 1.165) is 5.39 Å². The third-order valence-corrected chi connectivity index (χ3v) is 5.15. The van der Waals surface area contributed by atoms with Crippen LogP contribution in [0.5, 0.6) is 0 Å². The van der Waals surface area contributed by atoms with Gasteiger partial charge in [-0.15, -0.1) is 0 Å². The van der Waals surface area contributed by atoms with Crippen LogP contribution < -0.4 is 5.32 Å². The summed E-state index contributed by atoms with van der Waals surface area (Å²) in [6, 6.07) is 7.03. The van der Waals surface area contributed by atoms with E-state index in [2.05, 4.69) is 10.5 Å². The molecule has 1 amide bonds. The number of carbonyl (C=O) groups excluding carboxylic acids is 1. The third-order valence-electron chi connectivity index (χ3n) is 3.38. The van der Waals surface area contributed by atoms with Crippen LogP contribution in [-0.4, -0.2) is 37.0 Å². The van der Waals surface area contributed by atoms with Crippen molar-refractivity contribution in [2.24, 2.45) is 0 Å². The van der Waals surface area contributed by atoms with E-state index in [4.69, 9.17) is 4.52 Å². The first-order valence-electron chi connectivity index (χ1n) is 6.36. The monoisotopic (exact) mass is 294 g/mol. The standard InChI is InChI=1S/C13H14N2O4S/c16-13(14-9-5-6-20(17,18)8-9)7-11-10-3-1-2-4-12(10)19-15-11/h1-4,9H,5-8H2,(H,14,16)/t9-/m0/s1. The third kappa shape index (κ3) is 2.67. The molecule has 1 saturated heterocycles. The smallest absolute Gasteiger partial charge is 0.226 e. The number of fused-ring (bicyclic) bond motifs is 1. The zero-order chi connectivity index (χ0) is 14.2. The lowest BCUT2D eigenvalue weighted by atomic mass is 10.1. The Labute approximate surface area is 116 Å². The molecule has 1 atom stereocenters. The highest BCUT2D eigenvalue weighted by atomic mass is 32.2. The van der Waals surface area contributed by atoms with E-state index in [1.165, 1.54) is 0 Å². The van der Waals surface area contributed by atoms with Crippen LogP contribution in [0.3, 0.4) is 0 Å². The number of benzene rings is 1. The van der Waals surface area contributed by atoms with Crippen molar-refractivity contribution in [2.45, 2.75) is 18.9 Å². The van der Waals surface area contributed by atoms with Gasteiger partial charge < -0.3 is 9.84 Å². The minimum Gasteiger partial charge on any atom is -0.356 e. The van der Waals surface area contributed by atoms with Gasteiger partial charge >= 0.3 is 0 Å². The van der Waals surface area contributed by atoms with E-state index < -0.39 is 9.84 Å². The fourth-order valence-corrected chi connectivity index (χ4v) is 4.08. The molecular formula is C13H14N2O4S. The fourth-order valence-electron chi connectivity index (χ4n) is 2.41. The van der Waals surface area contributed by atoms with Gasteiger partial charge in [-0.2, -0.15) is 0 Å². The Morgan fingerprint density at radius 1 is 1.40 bits per heavy atom. The predicted molar refractivity (Wildman–Crippen MR) is 72.9 cm³/mol. The summed E-state index contributed by atoms with van der Waals surface area (Å²) in [5.41, 5.74) is 1.21. The van der Waals surface area contributed by atoms with Gasteiger partial charge in [0, 0.05) is 11.4 Å². The Bertz CT molecular complexity index is 751. The number of nitrogens with zero attached hydrogens (tertiary/aromatic N) is 1. The van der Waals surface area contributed by atoms with Gasteiger partial charge in [-0.3, -0.25) is 4.79 Å². The van der Waals surface area contributed by atoms with Crippen molar-refractivity contribution < 1.29 is 17.7 Å². The highest BCUT2D eigenvalue weighted by Crippen LogP contribution is 2.18. The van der Waals surface area contributed by atoms with Crippen molar-refractivity contribution in [3.8, 4) is 0 Å². The molecule has 0 spiro atoms. The van der Waals surface area contributed by atoms with Crippen LogP contribution in [0, 0.1) is 0 Å². The zero-order valence-corrected chi connectivity index (χ0v) is 11.5. The van der Waals surface area contributed by atoms with E-state index in [-0.39, 0.29) is 29.9 Å². The van der Waals surface area contributed by atoms with Crippen LogP contribution in [-0.2, 0) is 21.1 Å². The summed E-state index contributed by atoms with van der Waals surface area (Å²) in [7, 11) is -2.99. The van der Waals surface area contributed by atoms with Gasteiger partial charge in [-0.1, -0.05) is 17.3 Å². The number of amides is 1. The van der Waals surface area contributed by atoms with Crippen molar-refractivity contribution >= 4 is 26.7 Å². The second kappa shape index (κ2) is 4.90. The average Bonchev–Trinajstić information content (AvgIpc) is 2.94. The lowest BCUT2D eigenvalue weighted by molar-refractivity contribution is -0.121. The maximum atomic E-state index is 11.9. The first kappa shape index (κ1) is 13.1. The molecule has 106 valence electrons. The summed E-state index contributed by atoms with van der Waals surface area (Å²) in [6.07, 6.45) is 0.571. The quantitative estimate of drug-likeness (QED) is 0.899. The number of nitrogens with one attached hydrogen (secondary N) is 1. The summed E-state index contributed by atoms with van der Waals surface area (Å²) >= 11 is 0. The summed E-state index contributed by atoms with van der Waals surface area (Å²) in [5.74, 6) is -0.0606. The highest BCUT2D eigenvalue weighted by Gasteiger charge is 2.29. The van der Waals surface area contributed by atoms with Crippen molar-refractivity contribution in [2.75, 3.05) is 11.5 Å². The van der Waals surface area contributed by atoms with Gasteiger partial charge in [-0.25, -0.2) is 8.42 Å². The second-order valence-corrected chi connectivity index (χ2v) is 7.20. The molecule has 0 aliphatic carbocycles. The molecule has 3 rings (SSSR count). The normalized spacial score (nSPS) is 21.1. The van der Waals surface area contributed by atoms with E-state index in [0.29, 0.717) is 17.7 Å². The van der Waals surface area contributed by atoms with E-state index >= 15 is 0 Å². The van der Waals surface area contributed by atoms with Gasteiger partial charge in [0.2, 0.25) is 5.91 Å². The van der Waals surface area contributed by atoms with E-state index in [1.54, 1.807) is 6.07 Å².